The fourth-order valence-corrected chi connectivity index (χ4v) is 3.59. The lowest BCUT2D eigenvalue weighted by atomic mass is 10.1. The van der Waals surface area contributed by atoms with E-state index in [9.17, 15) is 4.79 Å². The number of amides is 1. The molecule has 122 valence electrons. The number of benzene rings is 1. The van der Waals surface area contributed by atoms with Crippen molar-refractivity contribution in [2.24, 2.45) is 0 Å². The molecule has 1 fully saturated rings. The summed E-state index contributed by atoms with van der Waals surface area (Å²) in [6.07, 6.45) is 4.37. The Balaban J connectivity index is 1.44. The maximum atomic E-state index is 12.0. The molecule has 2 aromatic rings. The van der Waals surface area contributed by atoms with Gasteiger partial charge in [0.2, 0.25) is 5.91 Å². The number of thiazole rings is 1. The van der Waals surface area contributed by atoms with Gasteiger partial charge in [-0.05, 0) is 31.5 Å². The topological polar surface area (TPSA) is 45.2 Å². The zero-order chi connectivity index (χ0) is 15.9. The number of nitrogens with zero attached hydrogens (tertiary/aromatic N) is 2. The molecular weight excluding hydrogens is 306 g/mol. The van der Waals surface area contributed by atoms with Crippen LogP contribution in [0.25, 0.3) is 0 Å². The van der Waals surface area contributed by atoms with E-state index in [1.54, 1.807) is 11.3 Å². The molecule has 0 bridgehead atoms. The molecule has 1 aliphatic rings. The van der Waals surface area contributed by atoms with E-state index in [0.717, 1.165) is 22.8 Å². The van der Waals surface area contributed by atoms with Gasteiger partial charge in [0.1, 0.15) is 5.01 Å². The third kappa shape index (κ3) is 5.15. The van der Waals surface area contributed by atoms with Crippen LogP contribution >= 0.6 is 11.3 Å². The van der Waals surface area contributed by atoms with Gasteiger partial charge < -0.3 is 5.32 Å². The zero-order valence-corrected chi connectivity index (χ0v) is 14.1. The van der Waals surface area contributed by atoms with Gasteiger partial charge in [-0.2, -0.15) is 0 Å². The van der Waals surface area contributed by atoms with Crippen LogP contribution in [0.5, 0.6) is 0 Å². The molecule has 1 aromatic heterocycles. The maximum Gasteiger partial charge on any atom is 0.224 e. The SMILES string of the molecule is O=C(Cc1ccccc1)NCc1nc(CN2CCCCC2)cs1. The van der Waals surface area contributed by atoms with E-state index in [0.29, 0.717) is 13.0 Å². The minimum Gasteiger partial charge on any atom is -0.349 e. The minimum absolute atomic E-state index is 0.0454. The van der Waals surface area contributed by atoms with Gasteiger partial charge in [-0.25, -0.2) is 4.98 Å². The fourth-order valence-electron chi connectivity index (χ4n) is 2.87. The number of nitrogens with one attached hydrogen (secondary N) is 1. The summed E-state index contributed by atoms with van der Waals surface area (Å²) in [6, 6.07) is 9.81. The molecule has 1 amide bonds. The number of carbonyl (C=O) groups excluding carboxylic acids is 1. The van der Waals surface area contributed by atoms with E-state index >= 15 is 0 Å². The molecule has 23 heavy (non-hydrogen) atoms. The molecule has 0 atom stereocenters. The average Bonchev–Trinajstić information content (AvgIpc) is 3.02. The van der Waals surface area contributed by atoms with Crippen molar-refractivity contribution in [1.29, 1.82) is 0 Å². The van der Waals surface area contributed by atoms with Crippen molar-refractivity contribution in [2.45, 2.75) is 38.8 Å². The number of hydrogen-bond donors (Lipinski definition) is 1. The summed E-state index contributed by atoms with van der Waals surface area (Å²) in [4.78, 5) is 19.1. The Kier molecular flexibility index (Phi) is 5.77. The molecule has 1 aliphatic heterocycles. The van der Waals surface area contributed by atoms with E-state index in [4.69, 9.17) is 0 Å². The lowest BCUT2D eigenvalue weighted by Gasteiger charge is -2.25. The van der Waals surface area contributed by atoms with Crippen molar-refractivity contribution >= 4 is 17.2 Å². The van der Waals surface area contributed by atoms with Crippen LogP contribution in [0.4, 0.5) is 0 Å². The van der Waals surface area contributed by atoms with E-state index in [2.05, 4.69) is 20.6 Å². The van der Waals surface area contributed by atoms with E-state index in [1.165, 1.54) is 32.4 Å². The molecule has 0 aliphatic carbocycles. The Hall–Kier alpha value is -1.72. The fraction of sp³-hybridized carbons (Fsp3) is 0.444. The largest absolute Gasteiger partial charge is 0.349 e. The van der Waals surface area contributed by atoms with Crippen molar-refractivity contribution < 1.29 is 4.79 Å². The van der Waals surface area contributed by atoms with Crippen molar-refractivity contribution in [2.75, 3.05) is 13.1 Å². The van der Waals surface area contributed by atoms with Crippen LogP contribution in [-0.2, 0) is 24.3 Å². The first kappa shape index (κ1) is 16.1. The van der Waals surface area contributed by atoms with Crippen LogP contribution in [0, 0.1) is 0 Å². The van der Waals surface area contributed by atoms with Gasteiger partial charge in [0.15, 0.2) is 0 Å². The van der Waals surface area contributed by atoms with Crippen LogP contribution < -0.4 is 5.32 Å². The molecular formula is C18H23N3OS. The van der Waals surface area contributed by atoms with Crippen LogP contribution in [-0.4, -0.2) is 28.9 Å². The highest BCUT2D eigenvalue weighted by Crippen LogP contribution is 2.15. The second-order valence-electron chi connectivity index (χ2n) is 6.01. The van der Waals surface area contributed by atoms with Gasteiger partial charge in [-0.15, -0.1) is 11.3 Å². The first-order valence-corrected chi connectivity index (χ1v) is 9.14. The lowest BCUT2D eigenvalue weighted by molar-refractivity contribution is -0.120. The quantitative estimate of drug-likeness (QED) is 0.886. The highest BCUT2D eigenvalue weighted by molar-refractivity contribution is 7.09. The van der Waals surface area contributed by atoms with Gasteiger partial charge >= 0.3 is 0 Å². The van der Waals surface area contributed by atoms with E-state index in [-0.39, 0.29) is 5.91 Å². The normalized spacial score (nSPS) is 15.5. The number of piperidine rings is 1. The smallest absolute Gasteiger partial charge is 0.224 e. The Morgan fingerprint density at radius 3 is 2.74 bits per heavy atom. The van der Waals surface area contributed by atoms with Gasteiger partial charge in [0.25, 0.3) is 0 Å². The third-order valence-electron chi connectivity index (χ3n) is 4.08. The number of aromatic nitrogens is 1. The Bertz CT molecular complexity index is 620. The maximum absolute atomic E-state index is 12.0. The number of carbonyl (C=O) groups is 1. The van der Waals surface area contributed by atoms with Crippen molar-refractivity contribution in [3.8, 4) is 0 Å². The Labute approximate surface area is 141 Å². The van der Waals surface area contributed by atoms with Gasteiger partial charge in [0.05, 0.1) is 18.7 Å². The molecule has 2 heterocycles. The van der Waals surface area contributed by atoms with Crippen LogP contribution in [0.1, 0.15) is 35.5 Å². The number of hydrogen-bond acceptors (Lipinski definition) is 4. The summed E-state index contributed by atoms with van der Waals surface area (Å²) in [5.41, 5.74) is 2.17. The molecule has 0 saturated carbocycles. The summed E-state index contributed by atoms with van der Waals surface area (Å²) in [7, 11) is 0. The highest BCUT2D eigenvalue weighted by Gasteiger charge is 2.12. The second kappa shape index (κ2) is 8.22. The molecule has 5 heteroatoms. The Morgan fingerprint density at radius 1 is 1.17 bits per heavy atom. The number of likely N-dealkylation sites (tertiary alicyclic amines) is 1. The third-order valence-corrected chi connectivity index (χ3v) is 4.98. The monoisotopic (exact) mass is 329 g/mol. The summed E-state index contributed by atoms with van der Waals surface area (Å²) in [6.45, 7) is 3.83. The van der Waals surface area contributed by atoms with Gasteiger partial charge in [-0.3, -0.25) is 9.69 Å². The van der Waals surface area contributed by atoms with Gasteiger partial charge in [0, 0.05) is 11.9 Å². The van der Waals surface area contributed by atoms with E-state index in [1.807, 2.05) is 30.3 Å². The molecule has 0 unspecified atom stereocenters. The van der Waals surface area contributed by atoms with Crippen molar-refractivity contribution in [3.63, 3.8) is 0 Å². The van der Waals surface area contributed by atoms with Crippen LogP contribution in [0.2, 0.25) is 0 Å². The number of rotatable bonds is 6. The minimum atomic E-state index is 0.0454. The summed E-state index contributed by atoms with van der Waals surface area (Å²) < 4.78 is 0. The predicted molar refractivity (Wildman–Crippen MR) is 93.2 cm³/mol. The predicted octanol–water partition coefficient (Wildman–Crippen LogP) is 2.99. The van der Waals surface area contributed by atoms with E-state index < -0.39 is 0 Å². The van der Waals surface area contributed by atoms with Crippen molar-refractivity contribution in [1.82, 2.24) is 15.2 Å². The standard InChI is InChI=1S/C18H23N3OS/c22-17(11-15-7-3-1-4-8-15)19-12-18-20-16(14-23-18)13-21-9-5-2-6-10-21/h1,3-4,7-8,14H,2,5-6,9-13H2,(H,19,22). The lowest BCUT2D eigenvalue weighted by Crippen LogP contribution is -2.29. The molecule has 0 radical (unpaired) electrons. The molecule has 1 aromatic carbocycles. The molecule has 1 saturated heterocycles. The average molecular weight is 329 g/mol. The zero-order valence-electron chi connectivity index (χ0n) is 13.3. The summed E-state index contributed by atoms with van der Waals surface area (Å²) in [5.74, 6) is 0.0454. The second-order valence-corrected chi connectivity index (χ2v) is 6.95. The molecule has 4 nitrogen and oxygen atoms in total. The van der Waals surface area contributed by atoms with Crippen LogP contribution in [0.15, 0.2) is 35.7 Å². The van der Waals surface area contributed by atoms with Crippen LogP contribution in [0.3, 0.4) is 0 Å². The Morgan fingerprint density at radius 2 is 1.96 bits per heavy atom. The van der Waals surface area contributed by atoms with Crippen molar-refractivity contribution in [3.05, 3.63) is 52.0 Å². The summed E-state index contributed by atoms with van der Waals surface area (Å²) in [5, 5.41) is 6.06. The first-order valence-electron chi connectivity index (χ1n) is 8.26. The first-order chi connectivity index (χ1) is 11.3. The summed E-state index contributed by atoms with van der Waals surface area (Å²) >= 11 is 1.63. The van der Waals surface area contributed by atoms with Gasteiger partial charge in [-0.1, -0.05) is 36.8 Å². The highest BCUT2D eigenvalue weighted by atomic mass is 32.1. The molecule has 1 N–H and O–H groups in total. The molecule has 3 rings (SSSR count). The molecule has 0 spiro atoms.